The number of likely N-dealkylation sites (tertiary alicyclic amines) is 4. The fourth-order valence-corrected chi connectivity index (χ4v) is 18.9. The third-order valence-electron chi connectivity index (χ3n) is 22.2. The number of rotatable bonds is 9. The fourth-order valence-electron chi connectivity index (χ4n) is 16.8. The van der Waals surface area contributed by atoms with E-state index >= 15 is 0 Å². The lowest BCUT2D eigenvalue weighted by molar-refractivity contribution is -0.140. The molecule has 6 amide bonds. The van der Waals surface area contributed by atoms with Crippen LogP contribution in [0.1, 0.15) is 72.4 Å². The van der Waals surface area contributed by atoms with Crippen LogP contribution in [0, 0.1) is 82.0 Å². The molecular weight excluding hydrogens is 1400 g/mol. The molecular formula is C70H81F8N11O12S2. The first-order valence-electron chi connectivity index (χ1n) is 34.3. The third-order valence-corrected chi connectivity index (χ3v) is 24.3. The average molecular weight is 1480 g/mol. The molecule has 0 aliphatic carbocycles. The lowest BCUT2D eigenvalue weighted by Gasteiger charge is -2.39. The Hall–Kier alpha value is -6.70. The van der Waals surface area contributed by atoms with Gasteiger partial charge in [0.15, 0.2) is 0 Å². The predicted molar refractivity (Wildman–Crippen MR) is 355 cm³/mol. The van der Waals surface area contributed by atoms with Gasteiger partial charge in [0.05, 0.1) is 68.2 Å². The van der Waals surface area contributed by atoms with Gasteiger partial charge in [-0.1, -0.05) is 0 Å². The number of nitrogens with zero attached hydrogens (tertiary/aromatic N) is 6. The molecule has 0 radical (unpaired) electrons. The van der Waals surface area contributed by atoms with Gasteiger partial charge in [0, 0.05) is 141 Å². The van der Waals surface area contributed by atoms with Crippen LogP contribution in [0.4, 0.5) is 35.1 Å². The van der Waals surface area contributed by atoms with Crippen molar-refractivity contribution in [1.82, 2.24) is 34.1 Å². The predicted octanol–water partition coefficient (Wildman–Crippen LogP) is 3.47. The molecule has 0 spiro atoms. The topological polar surface area (TPSA) is 309 Å². The van der Waals surface area contributed by atoms with Crippen LogP contribution in [0.2, 0.25) is 0 Å². The van der Waals surface area contributed by atoms with Gasteiger partial charge in [-0.3, -0.25) is 58.6 Å². The molecule has 9 N–H and O–H groups in total. The summed E-state index contributed by atoms with van der Waals surface area (Å²) in [7, 11) is -2.42. The highest BCUT2D eigenvalue weighted by Crippen LogP contribution is 2.43. The largest absolute Gasteiger partial charge is 0.370 e. The SMILES string of the molecule is CN1C(=O)C2CN([C@H]3CO[C@H](c4cc(F)ccc4F)[C@@H](N)C3)CC2C1=O.CS(=O)(=O)N1C(=O)C2CN([C@H]3CO[C@H](c4cc(F)ccc4F)[C@@H](N)C3)CC2C1=O.N[C@H]1C[C@@H](N2CC3=C(CSC3)C2)CO[C@@H]1c1cc(F)ccc1F.N[C@H]1C[C@@H](N2CC3C(=O)NC(=O)C3C2)CO[C@@H]1c1cc(F)ccc1F. The van der Waals surface area contributed by atoms with E-state index in [-0.39, 0.29) is 119 Å². The van der Waals surface area contributed by atoms with E-state index in [1.165, 1.54) is 18.0 Å². The summed E-state index contributed by atoms with van der Waals surface area (Å²) in [5.41, 5.74) is 28.4. The second kappa shape index (κ2) is 30.3. The Balaban J connectivity index is 0.000000123. The van der Waals surface area contributed by atoms with E-state index in [1.807, 2.05) is 21.6 Å². The van der Waals surface area contributed by atoms with Crippen molar-refractivity contribution in [1.29, 1.82) is 0 Å². The molecule has 4 aromatic carbocycles. The number of nitrogens with two attached hydrogens (primary N) is 4. The van der Waals surface area contributed by atoms with Crippen molar-refractivity contribution in [3.63, 3.8) is 0 Å². The number of thioether (sulfide) groups is 1. The minimum atomic E-state index is -3.93. The smallest absolute Gasteiger partial charge is 0.248 e. The fraction of sp³-hybridized carbons (Fsp3) is 0.543. The summed E-state index contributed by atoms with van der Waals surface area (Å²) in [5, 5.41) is 2.35. The van der Waals surface area contributed by atoms with E-state index in [9.17, 15) is 72.3 Å². The van der Waals surface area contributed by atoms with E-state index in [2.05, 4.69) is 15.1 Å². The second-order valence-corrected chi connectivity index (χ2v) is 31.6. The molecule has 10 saturated heterocycles. The maximum absolute atomic E-state index is 14.1. The zero-order valence-corrected chi connectivity index (χ0v) is 57.9. The number of hydrogen-bond donors (Lipinski definition) is 5. The van der Waals surface area contributed by atoms with Crippen molar-refractivity contribution in [3.8, 4) is 0 Å². The van der Waals surface area contributed by atoms with Gasteiger partial charge in [0.25, 0.3) is 0 Å². The summed E-state index contributed by atoms with van der Waals surface area (Å²) < 4.78 is 157. The number of carbonyl (C=O) groups is 6. The maximum Gasteiger partial charge on any atom is 0.248 e. The number of amides is 6. The molecule has 0 saturated carbocycles. The van der Waals surface area contributed by atoms with E-state index in [4.69, 9.17) is 41.9 Å². The Bertz CT molecular complexity index is 4050. The monoisotopic (exact) mass is 1480 g/mol. The van der Waals surface area contributed by atoms with Crippen molar-refractivity contribution in [2.45, 2.75) is 98.4 Å². The number of carbonyl (C=O) groups excluding carboxylic acids is 6. The molecule has 18 atom stereocenters. The van der Waals surface area contributed by atoms with E-state index in [1.54, 1.807) is 11.1 Å². The van der Waals surface area contributed by atoms with Gasteiger partial charge in [-0.2, -0.15) is 16.1 Å². The summed E-state index contributed by atoms with van der Waals surface area (Å²) in [6, 6.07) is 11.1. The zero-order chi connectivity index (χ0) is 73.4. The molecule has 6 unspecified atom stereocenters. The van der Waals surface area contributed by atoms with E-state index in [0.29, 0.717) is 69.6 Å². The van der Waals surface area contributed by atoms with Crippen molar-refractivity contribution < 1.29 is 91.3 Å². The molecule has 12 heterocycles. The number of imide groups is 3. The van der Waals surface area contributed by atoms with Crippen molar-refractivity contribution in [2.24, 2.45) is 58.4 Å². The Kier molecular flexibility index (Phi) is 21.9. The molecule has 10 fully saturated rings. The minimum absolute atomic E-state index is 0.0469. The van der Waals surface area contributed by atoms with Gasteiger partial charge in [-0.05, 0) is 110 Å². The number of fused-ring (bicyclic) bond motifs is 3. The van der Waals surface area contributed by atoms with Gasteiger partial charge in [-0.25, -0.2) is 43.5 Å². The van der Waals surface area contributed by atoms with Crippen molar-refractivity contribution >= 4 is 57.2 Å². The summed E-state index contributed by atoms with van der Waals surface area (Å²) in [6.45, 7) is 5.71. The first-order chi connectivity index (χ1) is 49.0. The van der Waals surface area contributed by atoms with Crippen LogP contribution in [0.15, 0.2) is 83.9 Å². The number of halogens is 8. The Morgan fingerprint density at radius 1 is 0.417 bits per heavy atom. The molecule has 556 valence electrons. The molecule has 103 heavy (non-hydrogen) atoms. The maximum atomic E-state index is 14.1. The molecule has 12 aliphatic heterocycles. The minimum Gasteiger partial charge on any atom is -0.370 e. The average Bonchev–Trinajstić information content (AvgIpc) is 1.60. The van der Waals surface area contributed by atoms with E-state index in [0.717, 1.165) is 104 Å². The first-order valence-corrected chi connectivity index (χ1v) is 37.3. The van der Waals surface area contributed by atoms with Crippen LogP contribution in [0.3, 0.4) is 0 Å². The normalized spacial score (nSPS) is 34.0. The highest BCUT2D eigenvalue weighted by molar-refractivity contribution is 7.99. The summed E-state index contributed by atoms with van der Waals surface area (Å²) >= 11 is 1.98. The molecule has 4 aromatic rings. The number of sulfonamides is 1. The summed E-state index contributed by atoms with van der Waals surface area (Å²) in [6.07, 6.45) is 0.243. The molecule has 33 heteroatoms. The van der Waals surface area contributed by atoms with Crippen LogP contribution < -0.4 is 28.3 Å². The van der Waals surface area contributed by atoms with Crippen LogP contribution in [-0.2, 0) is 57.7 Å². The summed E-state index contributed by atoms with van der Waals surface area (Å²) in [4.78, 5) is 82.3. The Morgan fingerprint density at radius 2 is 0.689 bits per heavy atom. The van der Waals surface area contributed by atoms with Crippen LogP contribution in [0.5, 0.6) is 0 Å². The lowest BCUT2D eigenvalue weighted by atomic mass is 9.93. The quantitative estimate of drug-likeness (QED) is 0.0910. The van der Waals surface area contributed by atoms with Gasteiger partial charge in [0.2, 0.25) is 45.5 Å². The van der Waals surface area contributed by atoms with Crippen molar-refractivity contribution in [2.75, 3.05) is 104 Å². The number of nitrogens with one attached hydrogen (secondary N) is 1. The number of ether oxygens (including phenoxy) is 4. The second-order valence-electron chi connectivity index (χ2n) is 28.8. The third kappa shape index (κ3) is 15.2. The number of benzene rings is 4. The Morgan fingerprint density at radius 3 is 0.971 bits per heavy atom. The summed E-state index contributed by atoms with van der Waals surface area (Å²) in [5.74, 6) is -6.77. The standard InChI is InChI=1S/C18H21F2N3O5S.C18H21F2N3O3.C17H19F2N3O3.C17H20F2N2OS/c1-29(26,27)23-17(24)12-6-22(7-13(12)18(23)25)10-5-15(21)16(28-8-10)11-4-9(19)2-3-14(11)20;1-22-17(24)12-6-23(7-13(12)18(22)25)10-5-15(21)16(26-8-10)11-4-9(19)2-3-14(11)20;18-8-1-2-13(19)10(3-8)15-14(20)4-9(7-25-15)22-5-11-12(6-22)17(24)21-16(11)23;18-12-1-2-15(19)14(3-12)17-16(20)4-13(7-22-17)21-5-10-8-23-9-11(10)6-21/h2-4,10,12-13,15-16H,5-8,21H2,1H3;2-4,10,12-13,15-16H,5-8,21H2,1H3;1-3,9,11-12,14-15H,4-7,20H2,(H,21,23,24);1-3,13,16-17H,4-9,20H2/t2*10-,12?,13?,15+,16-;9-,11?,12?,14+,15-;13-,16+,17-/m1111/s1. The highest BCUT2D eigenvalue weighted by Gasteiger charge is 2.58. The molecule has 16 rings (SSSR count). The van der Waals surface area contributed by atoms with Gasteiger partial charge >= 0.3 is 0 Å². The Labute approximate surface area is 593 Å². The van der Waals surface area contributed by atoms with Crippen molar-refractivity contribution in [3.05, 3.63) is 153 Å². The zero-order valence-electron chi connectivity index (χ0n) is 56.3. The van der Waals surface area contributed by atoms with Gasteiger partial charge in [0.1, 0.15) is 71.0 Å². The van der Waals surface area contributed by atoms with Crippen LogP contribution in [-0.4, -0.2) is 225 Å². The lowest BCUT2D eigenvalue weighted by Crippen LogP contribution is -2.50. The van der Waals surface area contributed by atoms with Crippen LogP contribution in [0.25, 0.3) is 0 Å². The van der Waals surface area contributed by atoms with Gasteiger partial charge < -0.3 is 41.9 Å². The highest BCUT2D eigenvalue weighted by atomic mass is 32.2. The van der Waals surface area contributed by atoms with Crippen LogP contribution >= 0.6 is 11.8 Å². The molecule has 12 aliphatic rings. The number of hydrogen-bond acceptors (Lipinski definition) is 21. The molecule has 0 aromatic heterocycles. The molecule has 0 bridgehead atoms. The van der Waals surface area contributed by atoms with Gasteiger partial charge in [-0.15, -0.1) is 0 Å². The molecule has 23 nitrogen and oxygen atoms in total. The first kappa shape index (κ1) is 74.6. The van der Waals surface area contributed by atoms with E-state index < -0.39 is 123 Å².